The van der Waals surface area contributed by atoms with Crippen LogP contribution in [0.4, 0.5) is 11.4 Å². The van der Waals surface area contributed by atoms with Gasteiger partial charge in [-0.2, -0.15) is 9.61 Å². The fourth-order valence-corrected chi connectivity index (χ4v) is 3.70. The molecule has 0 atom stereocenters. The van der Waals surface area contributed by atoms with E-state index < -0.39 is 10.8 Å². The Labute approximate surface area is 169 Å². The second-order valence-corrected chi connectivity index (χ2v) is 7.27. The van der Waals surface area contributed by atoms with Crippen molar-refractivity contribution in [2.75, 3.05) is 5.32 Å². The highest BCUT2D eigenvalue weighted by molar-refractivity contribution is 7.19. The van der Waals surface area contributed by atoms with Gasteiger partial charge in [0.2, 0.25) is 4.96 Å². The number of fused-ring (bicyclic) bond motifs is 1. The zero-order valence-corrected chi connectivity index (χ0v) is 16.2. The fraction of sp³-hybridized carbons (Fsp3) is 0.158. The second kappa shape index (κ2) is 7.76. The highest BCUT2D eigenvalue weighted by Crippen LogP contribution is 2.28. The summed E-state index contributed by atoms with van der Waals surface area (Å²) < 4.78 is 1.75. The molecule has 1 amide bonds. The Morgan fingerprint density at radius 1 is 1.21 bits per heavy atom. The normalized spacial score (nSPS) is 10.9. The fourth-order valence-electron chi connectivity index (χ4n) is 2.85. The van der Waals surface area contributed by atoms with Crippen LogP contribution < -0.4 is 5.32 Å². The maximum Gasteiger partial charge on any atom is 0.270 e. The van der Waals surface area contributed by atoms with E-state index in [1.54, 1.807) is 16.6 Å². The lowest BCUT2D eigenvalue weighted by Crippen LogP contribution is -2.12. The van der Waals surface area contributed by atoms with Crippen LogP contribution in [0, 0.1) is 10.1 Å². The van der Waals surface area contributed by atoms with E-state index in [0.717, 1.165) is 34.2 Å². The van der Waals surface area contributed by atoms with Crippen molar-refractivity contribution in [3.05, 3.63) is 70.0 Å². The Kier molecular flexibility index (Phi) is 5.00. The Balaban J connectivity index is 1.58. The predicted octanol–water partition coefficient (Wildman–Crippen LogP) is 3.97. The van der Waals surface area contributed by atoms with Crippen molar-refractivity contribution in [1.82, 2.24) is 19.8 Å². The first-order chi connectivity index (χ1) is 14.0. The van der Waals surface area contributed by atoms with Crippen molar-refractivity contribution >= 4 is 33.6 Å². The van der Waals surface area contributed by atoms with Gasteiger partial charge in [0.25, 0.3) is 11.6 Å². The molecular weight excluding hydrogens is 392 g/mol. The maximum absolute atomic E-state index is 12.5. The van der Waals surface area contributed by atoms with E-state index in [4.69, 9.17) is 0 Å². The van der Waals surface area contributed by atoms with Crippen LogP contribution in [0.15, 0.2) is 48.5 Å². The molecule has 0 spiro atoms. The van der Waals surface area contributed by atoms with Crippen LogP contribution in [0.3, 0.4) is 0 Å². The molecule has 0 aliphatic rings. The van der Waals surface area contributed by atoms with E-state index in [-0.39, 0.29) is 11.3 Å². The van der Waals surface area contributed by atoms with Crippen molar-refractivity contribution in [3.8, 4) is 10.6 Å². The third kappa shape index (κ3) is 3.83. The van der Waals surface area contributed by atoms with Gasteiger partial charge in [0.1, 0.15) is 5.01 Å². The predicted molar refractivity (Wildman–Crippen MR) is 109 cm³/mol. The largest absolute Gasteiger partial charge is 0.322 e. The van der Waals surface area contributed by atoms with Crippen molar-refractivity contribution in [3.63, 3.8) is 0 Å². The summed E-state index contributed by atoms with van der Waals surface area (Å²) in [7, 11) is 0. The Bertz CT molecular complexity index is 1220. The van der Waals surface area contributed by atoms with Crippen LogP contribution in [0.5, 0.6) is 0 Å². The van der Waals surface area contributed by atoms with Crippen LogP contribution in [-0.4, -0.2) is 30.6 Å². The topological polar surface area (TPSA) is 115 Å². The third-order valence-electron chi connectivity index (χ3n) is 4.22. The smallest absolute Gasteiger partial charge is 0.270 e. The van der Waals surface area contributed by atoms with Gasteiger partial charge in [-0.3, -0.25) is 14.9 Å². The van der Waals surface area contributed by atoms with Crippen LogP contribution in [-0.2, 0) is 6.42 Å². The van der Waals surface area contributed by atoms with Crippen molar-refractivity contribution < 1.29 is 9.72 Å². The van der Waals surface area contributed by atoms with E-state index in [1.807, 2.05) is 12.1 Å². The summed E-state index contributed by atoms with van der Waals surface area (Å²) in [6.45, 7) is 2.07. The summed E-state index contributed by atoms with van der Waals surface area (Å²) in [5.74, 6) is 0.398. The molecule has 2 heterocycles. The minimum atomic E-state index is -0.530. The number of hydrogen-bond donors (Lipinski definition) is 1. The number of nitrogens with one attached hydrogen (secondary N) is 1. The molecule has 29 heavy (non-hydrogen) atoms. The molecule has 0 bridgehead atoms. The molecule has 2 aromatic carbocycles. The number of benzene rings is 2. The highest BCUT2D eigenvalue weighted by atomic mass is 32.1. The van der Waals surface area contributed by atoms with E-state index in [9.17, 15) is 14.9 Å². The number of carbonyl (C=O) groups excluding carboxylic acids is 1. The zero-order valence-electron chi connectivity index (χ0n) is 15.4. The zero-order chi connectivity index (χ0) is 20.4. The molecule has 1 N–H and O–H groups in total. The molecule has 2 aromatic heterocycles. The summed E-state index contributed by atoms with van der Waals surface area (Å²) in [5, 5.41) is 27.3. The maximum atomic E-state index is 12.5. The molecule has 146 valence electrons. The second-order valence-electron chi connectivity index (χ2n) is 6.31. The molecule has 0 aliphatic heterocycles. The van der Waals surface area contributed by atoms with Crippen molar-refractivity contribution in [2.45, 2.75) is 19.8 Å². The number of nitro benzene ring substituents is 1. The monoisotopic (exact) mass is 408 g/mol. The lowest BCUT2D eigenvalue weighted by molar-refractivity contribution is -0.384. The number of carbonyl (C=O) groups is 1. The Morgan fingerprint density at radius 2 is 2.03 bits per heavy atom. The number of hydrogen-bond acceptors (Lipinski definition) is 7. The number of amides is 1. The molecule has 10 heteroatoms. The van der Waals surface area contributed by atoms with Gasteiger partial charge in [-0.25, -0.2) is 0 Å². The molecule has 0 saturated heterocycles. The standard InChI is InChI=1S/C19H16N6O3S/c1-2-5-16-21-22-19-24(16)23-18(29-19)13-7-3-8-14(10-13)20-17(26)12-6-4-9-15(11-12)25(27)28/h3-4,6-11H,2,5H2,1H3,(H,20,26). The summed E-state index contributed by atoms with van der Waals surface area (Å²) in [5.41, 5.74) is 1.49. The first-order valence-corrected chi connectivity index (χ1v) is 9.74. The third-order valence-corrected chi connectivity index (χ3v) is 5.16. The lowest BCUT2D eigenvalue weighted by atomic mass is 10.1. The summed E-state index contributed by atoms with van der Waals surface area (Å²) in [6.07, 6.45) is 1.75. The van der Waals surface area contributed by atoms with Gasteiger partial charge in [-0.15, -0.1) is 10.2 Å². The number of aryl methyl sites for hydroxylation is 1. The number of nitrogens with zero attached hydrogens (tertiary/aromatic N) is 5. The summed E-state index contributed by atoms with van der Waals surface area (Å²) in [6, 6.07) is 12.9. The minimum absolute atomic E-state index is 0.131. The van der Waals surface area contributed by atoms with E-state index in [2.05, 4.69) is 27.5 Å². The number of anilines is 1. The van der Waals surface area contributed by atoms with Gasteiger partial charge in [-0.05, 0) is 24.6 Å². The first-order valence-electron chi connectivity index (χ1n) is 8.92. The molecule has 0 aliphatic carbocycles. The molecule has 4 rings (SSSR count). The van der Waals surface area contributed by atoms with Crippen LogP contribution in [0.2, 0.25) is 0 Å². The van der Waals surface area contributed by atoms with Crippen molar-refractivity contribution in [2.24, 2.45) is 0 Å². The average Bonchev–Trinajstić information content (AvgIpc) is 3.30. The number of nitro groups is 1. The molecular formula is C19H16N6O3S. The first kappa shape index (κ1) is 18.7. The number of rotatable bonds is 6. The van der Waals surface area contributed by atoms with E-state index >= 15 is 0 Å². The van der Waals surface area contributed by atoms with E-state index in [1.165, 1.54) is 35.6 Å². The van der Waals surface area contributed by atoms with Gasteiger partial charge in [0, 0.05) is 35.4 Å². The molecule has 0 radical (unpaired) electrons. The molecule has 0 saturated carbocycles. The molecule has 4 aromatic rings. The lowest BCUT2D eigenvalue weighted by Gasteiger charge is -2.06. The average molecular weight is 408 g/mol. The SMILES string of the molecule is CCCc1nnc2sc(-c3cccc(NC(=O)c4cccc([N+](=O)[O-])c4)c3)nn12. The van der Waals surface area contributed by atoms with Crippen LogP contribution >= 0.6 is 11.3 Å². The number of non-ortho nitro benzene ring substituents is 1. The molecule has 0 fully saturated rings. The summed E-state index contributed by atoms with van der Waals surface area (Å²) >= 11 is 1.42. The van der Waals surface area contributed by atoms with Gasteiger partial charge in [-0.1, -0.05) is 36.5 Å². The van der Waals surface area contributed by atoms with E-state index in [0.29, 0.717) is 5.69 Å². The van der Waals surface area contributed by atoms with Crippen molar-refractivity contribution in [1.29, 1.82) is 0 Å². The van der Waals surface area contributed by atoms with Gasteiger partial charge in [0.05, 0.1) is 4.92 Å². The van der Waals surface area contributed by atoms with Gasteiger partial charge in [0.15, 0.2) is 5.82 Å². The minimum Gasteiger partial charge on any atom is -0.322 e. The van der Waals surface area contributed by atoms with Crippen LogP contribution in [0.1, 0.15) is 29.5 Å². The van der Waals surface area contributed by atoms with Gasteiger partial charge < -0.3 is 5.32 Å². The van der Waals surface area contributed by atoms with Crippen LogP contribution in [0.25, 0.3) is 15.5 Å². The molecule has 0 unspecified atom stereocenters. The van der Waals surface area contributed by atoms with Gasteiger partial charge >= 0.3 is 0 Å². The highest BCUT2D eigenvalue weighted by Gasteiger charge is 2.14. The number of aromatic nitrogens is 4. The Morgan fingerprint density at radius 3 is 2.83 bits per heavy atom. The Hall–Kier alpha value is -3.66. The molecule has 9 nitrogen and oxygen atoms in total. The quantitative estimate of drug-likeness (QED) is 0.381. The summed E-state index contributed by atoms with van der Waals surface area (Å²) in [4.78, 5) is 23.6.